The highest BCUT2D eigenvalue weighted by Gasteiger charge is 2.15. The molecule has 0 saturated carbocycles. The predicted octanol–water partition coefficient (Wildman–Crippen LogP) is 3.56. The van der Waals surface area contributed by atoms with Gasteiger partial charge in [-0.3, -0.25) is 0 Å². The van der Waals surface area contributed by atoms with Crippen LogP contribution in [-0.4, -0.2) is 37.8 Å². The second kappa shape index (κ2) is 7.79. The summed E-state index contributed by atoms with van der Waals surface area (Å²) in [4.78, 5) is 15.0. The molecule has 0 saturated heterocycles. The molecule has 0 aliphatic heterocycles. The molecule has 0 amide bonds. The van der Waals surface area contributed by atoms with Crippen molar-refractivity contribution in [2.75, 3.05) is 18.0 Å². The molecular formula is C16H17N9S. The van der Waals surface area contributed by atoms with E-state index in [-0.39, 0.29) is 5.82 Å². The van der Waals surface area contributed by atoms with E-state index in [1.807, 2.05) is 6.92 Å². The minimum atomic E-state index is 0.288. The number of aryl methyl sites for hydroxylation is 1. The number of hydrogen-bond donors (Lipinski definition) is 0. The summed E-state index contributed by atoms with van der Waals surface area (Å²) >= 11 is 1.46. The van der Waals surface area contributed by atoms with Crippen molar-refractivity contribution < 1.29 is 0 Å². The van der Waals surface area contributed by atoms with Crippen LogP contribution in [0.25, 0.3) is 5.95 Å². The number of anilines is 1. The van der Waals surface area contributed by atoms with Gasteiger partial charge >= 0.3 is 0 Å². The fourth-order valence-electron chi connectivity index (χ4n) is 2.25. The molecule has 0 unspecified atom stereocenters. The maximum Gasteiger partial charge on any atom is 0.252 e. The van der Waals surface area contributed by atoms with Gasteiger partial charge in [0.25, 0.3) is 5.95 Å². The van der Waals surface area contributed by atoms with E-state index >= 15 is 0 Å². The third-order valence-corrected chi connectivity index (χ3v) is 4.74. The van der Waals surface area contributed by atoms with Crippen LogP contribution in [0.4, 0.5) is 16.0 Å². The van der Waals surface area contributed by atoms with Gasteiger partial charge in [-0.15, -0.1) is 10.2 Å². The number of hydrogen-bond acceptors (Lipinski definition) is 9. The van der Waals surface area contributed by atoms with Crippen molar-refractivity contribution in [3.8, 4) is 12.0 Å². The Bertz CT molecular complexity index is 948. The lowest BCUT2D eigenvalue weighted by Gasteiger charge is -2.16. The number of azo groups is 1. The van der Waals surface area contributed by atoms with E-state index in [4.69, 9.17) is 0 Å². The Labute approximate surface area is 154 Å². The predicted molar refractivity (Wildman–Crippen MR) is 98.5 cm³/mol. The molecule has 0 aliphatic rings. The molecule has 0 bridgehead atoms. The molecule has 132 valence electrons. The molecule has 0 fully saturated rings. The van der Waals surface area contributed by atoms with Crippen LogP contribution in [-0.2, 0) is 0 Å². The average molecular weight is 367 g/mol. The summed E-state index contributed by atoms with van der Waals surface area (Å²) < 4.78 is 1.39. The summed E-state index contributed by atoms with van der Waals surface area (Å²) in [5, 5.41) is 23.6. The van der Waals surface area contributed by atoms with Crippen molar-refractivity contribution >= 4 is 27.3 Å². The first-order chi connectivity index (χ1) is 12.7. The molecule has 3 aromatic rings. The largest absolute Gasteiger partial charge is 0.349 e. The van der Waals surface area contributed by atoms with Gasteiger partial charge in [-0.1, -0.05) is 11.3 Å². The minimum absolute atomic E-state index is 0.288. The molecule has 0 spiro atoms. The average Bonchev–Trinajstić information content (AvgIpc) is 3.25. The molecule has 3 heterocycles. The molecule has 0 aliphatic carbocycles. The summed E-state index contributed by atoms with van der Waals surface area (Å²) in [6, 6.07) is 3.77. The zero-order valence-corrected chi connectivity index (χ0v) is 15.5. The topological polar surface area (TPSA) is 108 Å². The fourth-order valence-corrected chi connectivity index (χ4v) is 3.27. The lowest BCUT2D eigenvalue weighted by Crippen LogP contribution is -2.21. The Morgan fingerprint density at radius 3 is 2.62 bits per heavy atom. The monoisotopic (exact) mass is 367 g/mol. The molecule has 10 heteroatoms. The van der Waals surface area contributed by atoms with Crippen LogP contribution in [0, 0.1) is 18.3 Å². The van der Waals surface area contributed by atoms with Gasteiger partial charge in [-0.2, -0.15) is 15.0 Å². The molecular weight excluding hydrogens is 350 g/mol. The van der Waals surface area contributed by atoms with Gasteiger partial charge in [0.2, 0.25) is 0 Å². The van der Waals surface area contributed by atoms with Crippen LogP contribution in [0.15, 0.2) is 34.9 Å². The third-order valence-electron chi connectivity index (χ3n) is 3.64. The van der Waals surface area contributed by atoms with Crippen LogP contribution < -0.4 is 4.90 Å². The normalized spacial score (nSPS) is 11.0. The molecule has 3 aromatic heterocycles. The van der Waals surface area contributed by atoms with Crippen LogP contribution in [0.2, 0.25) is 0 Å². The molecule has 0 N–H and O–H groups in total. The van der Waals surface area contributed by atoms with Crippen molar-refractivity contribution in [1.29, 1.82) is 5.26 Å². The molecule has 0 radical (unpaired) electrons. The molecule has 0 atom stereocenters. The summed E-state index contributed by atoms with van der Waals surface area (Å²) in [5.74, 6) is 0.615. The molecule has 0 aromatic carbocycles. The zero-order chi connectivity index (χ0) is 18.5. The zero-order valence-electron chi connectivity index (χ0n) is 14.7. The van der Waals surface area contributed by atoms with Crippen molar-refractivity contribution in [2.45, 2.75) is 20.8 Å². The van der Waals surface area contributed by atoms with E-state index in [0.717, 1.165) is 23.9 Å². The lowest BCUT2D eigenvalue weighted by molar-refractivity contribution is 0.803. The van der Waals surface area contributed by atoms with Gasteiger partial charge in [0.05, 0.1) is 11.9 Å². The van der Waals surface area contributed by atoms with E-state index in [1.165, 1.54) is 22.2 Å². The van der Waals surface area contributed by atoms with Crippen LogP contribution in [0.1, 0.15) is 25.1 Å². The summed E-state index contributed by atoms with van der Waals surface area (Å²) in [5.41, 5.74) is 1.09. The van der Waals surface area contributed by atoms with Crippen molar-refractivity contribution in [1.82, 2.24) is 24.7 Å². The van der Waals surface area contributed by atoms with Crippen molar-refractivity contribution in [2.24, 2.45) is 10.2 Å². The summed E-state index contributed by atoms with van der Waals surface area (Å²) in [6.07, 6.45) is 4.62. The van der Waals surface area contributed by atoms with Crippen LogP contribution in [0.3, 0.4) is 0 Å². The number of nitriles is 1. The van der Waals surface area contributed by atoms with Gasteiger partial charge in [-0.05, 0) is 26.8 Å². The standard InChI is InChI=1S/C16H17N9S/c1-4-24(5-2)16-21-11(3)14(26-16)23-22-13-12(9-17)10-20-25(13)15-18-7-6-8-19-15/h6-8,10H,4-5H2,1-3H3/b23-22+. The van der Waals surface area contributed by atoms with E-state index in [2.05, 4.69) is 55.1 Å². The SMILES string of the molecule is CCN(CC)c1nc(C)c(/N=N/c2c(C#N)cnn2-c2ncccn2)s1. The van der Waals surface area contributed by atoms with Crippen LogP contribution >= 0.6 is 11.3 Å². The second-order valence-corrected chi connectivity index (χ2v) is 6.17. The molecule has 3 rings (SSSR count). The first kappa shape index (κ1) is 17.6. The van der Waals surface area contributed by atoms with E-state index in [0.29, 0.717) is 16.5 Å². The Morgan fingerprint density at radius 1 is 1.23 bits per heavy atom. The molecule has 9 nitrogen and oxygen atoms in total. The third kappa shape index (κ3) is 3.43. The Morgan fingerprint density at radius 2 is 1.96 bits per heavy atom. The summed E-state index contributed by atoms with van der Waals surface area (Å²) in [7, 11) is 0. The molecule has 26 heavy (non-hydrogen) atoms. The Balaban J connectivity index is 1.97. The fraction of sp³-hybridized carbons (Fsp3) is 0.312. The maximum atomic E-state index is 9.31. The summed E-state index contributed by atoms with van der Waals surface area (Å²) in [6.45, 7) is 7.80. The highest BCUT2D eigenvalue weighted by molar-refractivity contribution is 7.19. The Kier molecular flexibility index (Phi) is 5.28. The smallest absolute Gasteiger partial charge is 0.252 e. The lowest BCUT2D eigenvalue weighted by atomic mass is 10.4. The number of nitrogens with zero attached hydrogens (tertiary/aromatic N) is 9. The number of thiazole rings is 1. The van der Waals surface area contributed by atoms with Crippen molar-refractivity contribution in [3.05, 3.63) is 35.9 Å². The number of aromatic nitrogens is 5. The van der Waals surface area contributed by atoms with Gasteiger partial charge in [0, 0.05) is 25.5 Å². The Hall–Kier alpha value is -3.19. The second-order valence-electron chi connectivity index (χ2n) is 5.21. The van der Waals surface area contributed by atoms with Crippen molar-refractivity contribution in [3.63, 3.8) is 0 Å². The number of rotatable bonds is 6. The van der Waals surface area contributed by atoms with Gasteiger partial charge < -0.3 is 4.90 Å². The highest BCUT2D eigenvalue weighted by Crippen LogP contribution is 2.34. The first-order valence-electron chi connectivity index (χ1n) is 8.07. The van der Waals surface area contributed by atoms with E-state index in [1.54, 1.807) is 18.5 Å². The minimum Gasteiger partial charge on any atom is -0.349 e. The maximum absolute atomic E-state index is 9.31. The van der Waals surface area contributed by atoms with Crippen LogP contribution in [0.5, 0.6) is 0 Å². The quantitative estimate of drug-likeness (QED) is 0.616. The van der Waals surface area contributed by atoms with Gasteiger partial charge in [0.15, 0.2) is 16.0 Å². The first-order valence-corrected chi connectivity index (χ1v) is 8.89. The van der Waals surface area contributed by atoms with Gasteiger partial charge in [0.1, 0.15) is 11.6 Å². The van der Waals surface area contributed by atoms with E-state index < -0.39 is 0 Å². The highest BCUT2D eigenvalue weighted by atomic mass is 32.1. The van der Waals surface area contributed by atoms with Gasteiger partial charge in [-0.25, -0.2) is 15.0 Å². The van der Waals surface area contributed by atoms with E-state index in [9.17, 15) is 5.26 Å².